The number of hydrogen-bond donors (Lipinski definition) is 2. The van der Waals surface area contributed by atoms with E-state index in [4.69, 9.17) is 0 Å². The van der Waals surface area contributed by atoms with E-state index in [2.05, 4.69) is 39.1 Å². The van der Waals surface area contributed by atoms with Crippen LogP contribution in [0.5, 0.6) is 5.75 Å². The van der Waals surface area contributed by atoms with Crippen LogP contribution in [0.3, 0.4) is 0 Å². The summed E-state index contributed by atoms with van der Waals surface area (Å²) in [5.41, 5.74) is 2.95. The molecule has 1 aliphatic rings. The normalized spacial score (nSPS) is 21.4. The fourth-order valence-corrected chi connectivity index (χ4v) is 2.53. The van der Waals surface area contributed by atoms with E-state index in [0.717, 1.165) is 6.42 Å². The summed E-state index contributed by atoms with van der Waals surface area (Å²) in [6.07, 6.45) is 3.48. The molecule has 1 aromatic rings. The monoisotopic (exact) mass is 247 g/mol. The van der Waals surface area contributed by atoms with E-state index in [1.165, 1.54) is 24.0 Å². The Hall–Kier alpha value is -1.02. The lowest BCUT2D eigenvalue weighted by atomic mass is 9.83. The number of phenolic OH excluding ortho intramolecular Hbond substituents is 1. The minimum Gasteiger partial charge on any atom is -0.508 e. The van der Waals surface area contributed by atoms with E-state index in [-0.39, 0.29) is 5.41 Å². The molecule has 0 spiro atoms. The molecule has 0 saturated carbocycles. The van der Waals surface area contributed by atoms with Crippen LogP contribution in [-0.4, -0.2) is 11.1 Å². The molecule has 0 heterocycles. The zero-order valence-electron chi connectivity index (χ0n) is 12.0. The molecule has 0 fully saturated rings. The smallest absolute Gasteiger partial charge is 0.115 e. The topological polar surface area (TPSA) is 32.3 Å². The average Bonchev–Trinajstić information content (AvgIpc) is 2.27. The number of fused-ring (bicyclic) bond motifs is 1. The van der Waals surface area contributed by atoms with Crippen molar-refractivity contribution in [3.8, 4) is 5.75 Å². The first kappa shape index (κ1) is 13.4. The van der Waals surface area contributed by atoms with Gasteiger partial charge in [0.15, 0.2) is 0 Å². The fourth-order valence-electron chi connectivity index (χ4n) is 2.53. The molecule has 0 aromatic heterocycles. The summed E-state index contributed by atoms with van der Waals surface area (Å²) < 4.78 is 0. The molecule has 1 aromatic carbocycles. The van der Waals surface area contributed by atoms with Crippen LogP contribution < -0.4 is 5.32 Å². The fraction of sp³-hybridized carbons (Fsp3) is 0.625. The molecule has 2 rings (SSSR count). The molecule has 0 radical (unpaired) electrons. The van der Waals surface area contributed by atoms with E-state index >= 15 is 0 Å². The van der Waals surface area contributed by atoms with Crippen molar-refractivity contribution >= 4 is 0 Å². The van der Waals surface area contributed by atoms with Crippen molar-refractivity contribution in [2.75, 3.05) is 0 Å². The predicted molar refractivity (Wildman–Crippen MR) is 75.8 cm³/mol. The van der Waals surface area contributed by atoms with Crippen molar-refractivity contribution in [2.24, 2.45) is 5.41 Å². The summed E-state index contributed by atoms with van der Waals surface area (Å²) >= 11 is 0. The molecule has 100 valence electrons. The predicted octanol–water partition coefficient (Wildman–Crippen LogP) is 3.79. The second kappa shape index (κ2) is 4.93. The summed E-state index contributed by atoms with van der Waals surface area (Å²) in [5.74, 6) is 0.387. The standard InChI is InChI=1S/C16H25NO/c1-11(16(2,3)4)17-15-7-5-6-12-10-13(18)8-9-14(12)15/h8-11,15,17-18H,5-7H2,1-4H3. The first-order chi connectivity index (χ1) is 8.38. The molecule has 1 aliphatic carbocycles. The molecule has 18 heavy (non-hydrogen) atoms. The van der Waals surface area contributed by atoms with Gasteiger partial charge in [0.1, 0.15) is 5.75 Å². The van der Waals surface area contributed by atoms with Crippen LogP contribution in [0.15, 0.2) is 18.2 Å². The Labute approximate surface area is 110 Å². The van der Waals surface area contributed by atoms with Crippen molar-refractivity contribution in [3.63, 3.8) is 0 Å². The number of benzene rings is 1. The molecule has 0 aliphatic heterocycles. The van der Waals surface area contributed by atoms with Crippen LogP contribution in [0.1, 0.15) is 57.7 Å². The Bertz CT molecular complexity index is 420. The minimum atomic E-state index is 0.272. The third-order valence-electron chi connectivity index (χ3n) is 4.19. The lowest BCUT2D eigenvalue weighted by Crippen LogP contribution is -2.40. The highest BCUT2D eigenvalue weighted by molar-refractivity contribution is 5.38. The van der Waals surface area contributed by atoms with Crippen molar-refractivity contribution in [3.05, 3.63) is 29.3 Å². The minimum absolute atomic E-state index is 0.272. The Morgan fingerprint density at radius 3 is 2.72 bits per heavy atom. The number of rotatable bonds is 2. The van der Waals surface area contributed by atoms with Gasteiger partial charge in [-0.05, 0) is 54.9 Å². The zero-order chi connectivity index (χ0) is 13.3. The van der Waals surface area contributed by atoms with Crippen molar-refractivity contribution in [1.82, 2.24) is 5.32 Å². The highest BCUT2D eigenvalue weighted by atomic mass is 16.3. The molecule has 0 bridgehead atoms. The second-order valence-corrected chi connectivity index (χ2v) is 6.58. The maximum Gasteiger partial charge on any atom is 0.115 e. The molecule has 2 N–H and O–H groups in total. The summed E-state index contributed by atoms with van der Waals surface area (Å²) in [6.45, 7) is 9.07. The largest absolute Gasteiger partial charge is 0.508 e. The Kier molecular flexibility index (Phi) is 3.67. The maximum absolute atomic E-state index is 9.57. The Morgan fingerprint density at radius 1 is 1.33 bits per heavy atom. The van der Waals surface area contributed by atoms with E-state index < -0.39 is 0 Å². The molecule has 2 atom stereocenters. The van der Waals surface area contributed by atoms with Crippen LogP contribution in [0.4, 0.5) is 0 Å². The van der Waals surface area contributed by atoms with Gasteiger partial charge in [0, 0.05) is 12.1 Å². The van der Waals surface area contributed by atoms with E-state index in [9.17, 15) is 5.11 Å². The van der Waals surface area contributed by atoms with Gasteiger partial charge in [0.25, 0.3) is 0 Å². The van der Waals surface area contributed by atoms with Gasteiger partial charge >= 0.3 is 0 Å². The second-order valence-electron chi connectivity index (χ2n) is 6.58. The van der Waals surface area contributed by atoms with Crippen LogP contribution in [0.25, 0.3) is 0 Å². The van der Waals surface area contributed by atoms with Gasteiger partial charge < -0.3 is 10.4 Å². The SMILES string of the molecule is CC(NC1CCCc2cc(O)ccc21)C(C)(C)C. The van der Waals surface area contributed by atoms with Gasteiger partial charge in [-0.3, -0.25) is 0 Å². The highest BCUT2D eigenvalue weighted by Gasteiger charge is 2.26. The van der Waals surface area contributed by atoms with E-state index in [0.29, 0.717) is 17.8 Å². The van der Waals surface area contributed by atoms with E-state index in [1.54, 1.807) is 6.07 Å². The highest BCUT2D eigenvalue weighted by Crippen LogP contribution is 2.33. The van der Waals surface area contributed by atoms with Gasteiger partial charge in [-0.2, -0.15) is 0 Å². The van der Waals surface area contributed by atoms with Gasteiger partial charge in [-0.15, -0.1) is 0 Å². The summed E-state index contributed by atoms with van der Waals surface area (Å²) in [5, 5.41) is 13.3. The van der Waals surface area contributed by atoms with Crippen molar-refractivity contribution in [2.45, 2.75) is 59.0 Å². The van der Waals surface area contributed by atoms with Crippen molar-refractivity contribution < 1.29 is 5.11 Å². The van der Waals surface area contributed by atoms with E-state index in [1.807, 2.05) is 6.07 Å². The maximum atomic E-state index is 9.57. The van der Waals surface area contributed by atoms with Crippen LogP contribution in [0, 0.1) is 5.41 Å². The zero-order valence-corrected chi connectivity index (χ0v) is 12.0. The number of hydrogen-bond acceptors (Lipinski definition) is 2. The Balaban J connectivity index is 2.18. The first-order valence-electron chi connectivity index (χ1n) is 6.96. The van der Waals surface area contributed by atoms with Crippen LogP contribution in [-0.2, 0) is 6.42 Å². The quantitative estimate of drug-likeness (QED) is 0.833. The number of aryl methyl sites for hydroxylation is 1. The average molecular weight is 247 g/mol. The molecule has 2 heteroatoms. The van der Waals surface area contributed by atoms with Gasteiger partial charge in [0.2, 0.25) is 0 Å². The molecule has 2 unspecified atom stereocenters. The van der Waals surface area contributed by atoms with Gasteiger partial charge in [0.05, 0.1) is 0 Å². The number of aromatic hydroxyl groups is 1. The third kappa shape index (κ3) is 2.86. The first-order valence-corrected chi connectivity index (χ1v) is 6.96. The molecular weight excluding hydrogens is 222 g/mol. The summed E-state index contributed by atoms with van der Waals surface area (Å²) in [4.78, 5) is 0. The third-order valence-corrected chi connectivity index (χ3v) is 4.19. The van der Waals surface area contributed by atoms with Crippen LogP contribution in [0.2, 0.25) is 0 Å². The molecule has 2 nitrogen and oxygen atoms in total. The number of phenols is 1. The molecule has 0 amide bonds. The van der Waals surface area contributed by atoms with Gasteiger partial charge in [-0.25, -0.2) is 0 Å². The number of nitrogens with one attached hydrogen (secondary N) is 1. The molecular formula is C16H25NO. The van der Waals surface area contributed by atoms with Crippen LogP contribution >= 0.6 is 0 Å². The molecule has 0 saturated heterocycles. The van der Waals surface area contributed by atoms with Gasteiger partial charge in [-0.1, -0.05) is 26.8 Å². The lowest BCUT2D eigenvalue weighted by Gasteiger charge is -2.35. The van der Waals surface area contributed by atoms with Crippen molar-refractivity contribution in [1.29, 1.82) is 0 Å². The summed E-state index contributed by atoms with van der Waals surface area (Å²) in [6, 6.07) is 6.72. The lowest BCUT2D eigenvalue weighted by molar-refractivity contribution is 0.253. The summed E-state index contributed by atoms with van der Waals surface area (Å²) in [7, 11) is 0. The Morgan fingerprint density at radius 2 is 2.06 bits per heavy atom.